The molecule has 7 heteroatoms. The maximum absolute atomic E-state index is 13.2. The van der Waals surface area contributed by atoms with Gasteiger partial charge in [0.1, 0.15) is 5.82 Å². The van der Waals surface area contributed by atoms with Crippen molar-refractivity contribution in [3.05, 3.63) is 59.9 Å². The first-order valence-corrected chi connectivity index (χ1v) is 8.53. The summed E-state index contributed by atoms with van der Waals surface area (Å²) in [6.45, 7) is 3.72. The Kier molecular flexibility index (Phi) is 5.14. The smallest absolute Gasteiger partial charge is 0.277 e. The van der Waals surface area contributed by atoms with E-state index in [1.807, 2.05) is 31.2 Å². The zero-order chi connectivity index (χ0) is 17.8. The molecule has 0 bridgehead atoms. The van der Waals surface area contributed by atoms with Crippen LogP contribution in [0.3, 0.4) is 0 Å². The zero-order valence-corrected chi connectivity index (χ0v) is 14.5. The number of rotatable bonds is 5. The maximum atomic E-state index is 13.2. The van der Waals surface area contributed by atoms with Gasteiger partial charge in [0.15, 0.2) is 0 Å². The molecule has 1 atom stereocenters. The van der Waals surface area contributed by atoms with Gasteiger partial charge in [-0.1, -0.05) is 35.5 Å². The van der Waals surface area contributed by atoms with Crippen LogP contribution in [0.4, 0.5) is 10.1 Å². The van der Waals surface area contributed by atoms with E-state index in [0.717, 1.165) is 22.9 Å². The molecule has 3 rings (SSSR count). The largest absolute Gasteiger partial charge is 0.411 e. The molecule has 0 spiro atoms. The van der Waals surface area contributed by atoms with Crippen molar-refractivity contribution in [2.24, 2.45) is 0 Å². The van der Waals surface area contributed by atoms with Crippen molar-refractivity contribution in [1.29, 1.82) is 0 Å². The first-order valence-electron chi connectivity index (χ1n) is 7.65. The Labute approximate surface area is 148 Å². The molecule has 0 saturated carbocycles. The van der Waals surface area contributed by atoms with Gasteiger partial charge in [-0.15, -0.1) is 10.2 Å². The predicted octanol–water partition coefficient (Wildman–Crippen LogP) is 4.30. The quantitative estimate of drug-likeness (QED) is 0.690. The van der Waals surface area contributed by atoms with Crippen LogP contribution in [0, 0.1) is 12.7 Å². The van der Waals surface area contributed by atoms with Crippen molar-refractivity contribution >= 4 is 23.4 Å². The van der Waals surface area contributed by atoms with E-state index in [0.29, 0.717) is 16.8 Å². The van der Waals surface area contributed by atoms with Crippen LogP contribution < -0.4 is 5.32 Å². The van der Waals surface area contributed by atoms with Gasteiger partial charge in [0.05, 0.1) is 5.25 Å². The fourth-order valence-corrected chi connectivity index (χ4v) is 2.77. The van der Waals surface area contributed by atoms with Gasteiger partial charge >= 0.3 is 0 Å². The molecule has 0 saturated heterocycles. The highest BCUT2D eigenvalue weighted by molar-refractivity contribution is 8.00. The van der Waals surface area contributed by atoms with Crippen molar-refractivity contribution in [3.63, 3.8) is 0 Å². The van der Waals surface area contributed by atoms with Crippen LogP contribution in [0.5, 0.6) is 0 Å². The molecule has 0 unspecified atom stereocenters. The number of aryl methyl sites for hydroxylation is 1. The van der Waals surface area contributed by atoms with Gasteiger partial charge in [0.25, 0.3) is 5.22 Å². The standard InChI is InChI=1S/C18H16FN3O2S/c1-11-6-8-13(9-7-11)17-21-22-18(24-17)25-12(2)16(23)20-15-5-3-4-14(19)10-15/h3-10,12H,1-2H3,(H,20,23)/t12-/m0/s1. The van der Waals surface area contributed by atoms with Crippen LogP contribution in [0.25, 0.3) is 11.5 Å². The van der Waals surface area contributed by atoms with Crippen molar-refractivity contribution in [1.82, 2.24) is 10.2 Å². The van der Waals surface area contributed by atoms with Crippen molar-refractivity contribution in [2.45, 2.75) is 24.3 Å². The van der Waals surface area contributed by atoms with Crippen molar-refractivity contribution in [2.75, 3.05) is 5.32 Å². The molecule has 5 nitrogen and oxygen atoms in total. The minimum absolute atomic E-state index is 0.273. The van der Waals surface area contributed by atoms with Crippen LogP contribution in [-0.4, -0.2) is 21.4 Å². The average molecular weight is 357 g/mol. The van der Waals surface area contributed by atoms with Crippen molar-refractivity contribution in [3.8, 4) is 11.5 Å². The lowest BCUT2D eigenvalue weighted by atomic mass is 10.1. The van der Waals surface area contributed by atoms with E-state index in [9.17, 15) is 9.18 Å². The second-order valence-electron chi connectivity index (χ2n) is 5.50. The Morgan fingerprint density at radius 2 is 1.96 bits per heavy atom. The number of amides is 1. The number of thioether (sulfide) groups is 1. The summed E-state index contributed by atoms with van der Waals surface area (Å²) in [6, 6.07) is 13.5. The van der Waals surface area contributed by atoms with Crippen LogP contribution in [-0.2, 0) is 4.79 Å². The van der Waals surface area contributed by atoms with E-state index in [-0.39, 0.29) is 5.91 Å². The molecule has 128 valence electrons. The van der Waals surface area contributed by atoms with Gasteiger partial charge in [-0.2, -0.15) is 0 Å². The zero-order valence-electron chi connectivity index (χ0n) is 13.7. The molecule has 1 amide bonds. The topological polar surface area (TPSA) is 68.0 Å². The van der Waals surface area contributed by atoms with E-state index in [2.05, 4.69) is 15.5 Å². The molecule has 25 heavy (non-hydrogen) atoms. The Bertz CT molecular complexity index is 880. The predicted molar refractivity (Wildman–Crippen MR) is 94.8 cm³/mol. The summed E-state index contributed by atoms with van der Waals surface area (Å²) in [4.78, 5) is 12.2. The number of carbonyl (C=O) groups is 1. The minimum Gasteiger partial charge on any atom is -0.411 e. The summed E-state index contributed by atoms with van der Waals surface area (Å²) in [5.41, 5.74) is 2.37. The first kappa shape index (κ1) is 17.2. The van der Waals surface area contributed by atoms with E-state index >= 15 is 0 Å². The summed E-state index contributed by atoms with van der Waals surface area (Å²) in [7, 11) is 0. The molecule has 0 aliphatic carbocycles. The van der Waals surface area contributed by atoms with Crippen LogP contribution in [0.1, 0.15) is 12.5 Å². The highest BCUT2D eigenvalue weighted by Gasteiger charge is 2.19. The van der Waals surface area contributed by atoms with Gasteiger partial charge in [0, 0.05) is 11.3 Å². The molecule has 1 N–H and O–H groups in total. The Morgan fingerprint density at radius 3 is 2.68 bits per heavy atom. The SMILES string of the molecule is Cc1ccc(-c2nnc(S[C@@H](C)C(=O)Nc3cccc(F)c3)o2)cc1. The van der Waals surface area contributed by atoms with Gasteiger partial charge in [-0.3, -0.25) is 4.79 Å². The number of hydrogen-bond acceptors (Lipinski definition) is 5. The van der Waals surface area contributed by atoms with Crippen LogP contribution in [0.15, 0.2) is 58.2 Å². The van der Waals surface area contributed by atoms with Crippen LogP contribution >= 0.6 is 11.8 Å². The lowest BCUT2D eigenvalue weighted by Crippen LogP contribution is -2.22. The summed E-state index contributed by atoms with van der Waals surface area (Å²) in [5.74, 6) is -0.274. The molecule has 0 aliphatic rings. The van der Waals surface area contributed by atoms with Gasteiger partial charge in [-0.05, 0) is 44.2 Å². The average Bonchev–Trinajstić information content (AvgIpc) is 3.04. The van der Waals surface area contributed by atoms with E-state index in [1.54, 1.807) is 13.0 Å². The molecular formula is C18H16FN3O2S. The number of hydrogen-bond donors (Lipinski definition) is 1. The molecule has 2 aromatic carbocycles. The summed E-state index contributed by atoms with van der Waals surface area (Å²) in [5, 5.41) is 10.5. The summed E-state index contributed by atoms with van der Waals surface area (Å²) >= 11 is 1.15. The molecule has 1 heterocycles. The third-order valence-electron chi connectivity index (χ3n) is 3.44. The Hall–Kier alpha value is -2.67. The number of halogens is 1. The van der Waals surface area contributed by atoms with E-state index in [4.69, 9.17) is 4.42 Å². The molecular weight excluding hydrogens is 341 g/mol. The van der Waals surface area contributed by atoms with Crippen molar-refractivity contribution < 1.29 is 13.6 Å². The second-order valence-corrected chi connectivity index (χ2v) is 6.79. The number of anilines is 1. The molecule has 1 aromatic heterocycles. The highest BCUT2D eigenvalue weighted by atomic mass is 32.2. The number of nitrogens with zero attached hydrogens (tertiary/aromatic N) is 2. The number of aromatic nitrogens is 2. The van der Waals surface area contributed by atoms with E-state index in [1.165, 1.54) is 18.2 Å². The lowest BCUT2D eigenvalue weighted by Gasteiger charge is -2.09. The fourth-order valence-electron chi connectivity index (χ4n) is 2.09. The Balaban J connectivity index is 1.63. The third kappa shape index (κ3) is 4.45. The molecule has 3 aromatic rings. The lowest BCUT2D eigenvalue weighted by molar-refractivity contribution is -0.115. The summed E-state index contributed by atoms with van der Waals surface area (Å²) in [6.07, 6.45) is 0. The minimum atomic E-state index is -0.477. The highest BCUT2D eigenvalue weighted by Crippen LogP contribution is 2.27. The monoisotopic (exact) mass is 357 g/mol. The number of benzene rings is 2. The van der Waals surface area contributed by atoms with Gasteiger partial charge in [-0.25, -0.2) is 4.39 Å². The number of nitrogens with one attached hydrogen (secondary N) is 1. The Morgan fingerprint density at radius 1 is 1.20 bits per heavy atom. The van der Waals surface area contributed by atoms with Gasteiger partial charge in [0.2, 0.25) is 11.8 Å². The van der Waals surface area contributed by atoms with Gasteiger partial charge < -0.3 is 9.73 Å². The second kappa shape index (κ2) is 7.48. The summed E-state index contributed by atoms with van der Waals surface area (Å²) < 4.78 is 18.8. The number of carbonyl (C=O) groups excluding carboxylic acids is 1. The molecule has 0 fully saturated rings. The fraction of sp³-hybridized carbons (Fsp3) is 0.167. The van der Waals surface area contributed by atoms with Crippen LogP contribution in [0.2, 0.25) is 0 Å². The molecule has 0 radical (unpaired) electrons. The normalized spacial score (nSPS) is 12.0. The first-order chi connectivity index (χ1) is 12.0. The van der Waals surface area contributed by atoms with E-state index < -0.39 is 11.1 Å². The third-order valence-corrected chi connectivity index (χ3v) is 4.38. The maximum Gasteiger partial charge on any atom is 0.277 e. The molecule has 0 aliphatic heterocycles.